The molecule has 1 aliphatic rings. The van der Waals surface area contributed by atoms with Crippen molar-refractivity contribution in [2.45, 2.75) is 45.3 Å². The Hall–Kier alpha value is -2.41. The van der Waals surface area contributed by atoms with Crippen LogP contribution in [-0.4, -0.2) is 48.5 Å². The van der Waals surface area contributed by atoms with E-state index in [1.807, 2.05) is 38.1 Å². The molecule has 2 rings (SSSR count). The van der Waals surface area contributed by atoms with Gasteiger partial charge in [-0.25, -0.2) is 4.79 Å². The lowest BCUT2D eigenvalue weighted by Gasteiger charge is -2.34. The Morgan fingerprint density at radius 2 is 1.96 bits per heavy atom. The second-order valence-corrected chi connectivity index (χ2v) is 6.25. The minimum atomic E-state index is -0.539. The van der Waals surface area contributed by atoms with Crippen molar-refractivity contribution in [2.24, 2.45) is 0 Å². The molecule has 3 amide bonds. The zero-order valence-corrected chi connectivity index (χ0v) is 14.9. The Balaban J connectivity index is 2.03. The number of esters is 1. The molecule has 0 fully saturated rings. The van der Waals surface area contributed by atoms with Crippen LogP contribution in [0, 0.1) is 0 Å². The molecule has 0 spiro atoms. The molecule has 25 heavy (non-hydrogen) atoms. The molecule has 2 atom stereocenters. The molecule has 0 saturated heterocycles. The van der Waals surface area contributed by atoms with Crippen molar-refractivity contribution in [3.8, 4) is 0 Å². The van der Waals surface area contributed by atoms with E-state index in [1.54, 1.807) is 4.90 Å². The number of urea groups is 1. The number of nitrogens with zero attached hydrogens (tertiary/aromatic N) is 1. The third kappa shape index (κ3) is 5.03. The second-order valence-electron chi connectivity index (χ2n) is 6.25. The fourth-order valence-corrected chi connectivity index (χ4v) is 2.82. The number of hydrogen-bond donors (Lipinski definition) is 2. The van der Waals surface area contributed by atoms with Gasteiger partial charge in [-0.15, -0.1) is 0 Å². The Bertz CT molecular complexity index is 647. The van der Waals surface area contributed by atoms with Gasteiger partial charge in [0.05, 0.1) is 13.7 Å². The van der Waals surface area contributed by atoms with Crippen LogP contribution in [0.5, 0.6) is 0 Å². The molecule has 0 aromatic heterocycles. The maximum absolute atomic E-state index is 12.2. The van der Waals surface area contributed by atoms with Crippen LogP contribution in [-0.2, 0) is 27.3 Å². The number of rotatable bonds is 5. The number of hydrogen-bond acceptors (Lipinski definition) is 5. The van der Waals surface area contributed by atoms with Gasteiger partial charge in [0, 0.05) is 12.6 Å². The highest BCUT2D eigenvalue weighted by molar-refractivity contribution is 5.95. The zero-order chi connectivity index (χ0) is 18.4. The topological polar surface area (TPSA) is 87.7 Å². The highest BCUT2D eigenvalue weighted by Crippen LogP contribution is 2.23. The number of nitrogens with one attached hydrogen (secondary N) is 2. The van der Waals surface area contributed by atoms with E-state index in [-0.39, 0.29) is 18.6 Å². The zero-order valence-electron chi connectivity index (χ0n) is 14.9. The van der Waals surface area contributed by atoms with Gasteiger partial charge >= 0.3 is 12.0 Å². The Morgan fingerprint density at radius 1 is 1.28 bits per heavy atom. The summed E-state index contributed by atoms with van der Waals surface area (Å²) < 4.78 is 4.87. The van der Waals surface area contributed by atoms with Crippen LogP contribution in [0.25, 0.3) is 0 Å². The van der Waals surface area contributed by atoms with Gasteiger partial charge in [0.2, 0.25) is 5.91 Å². The summed E-state index contributed by atoms with van der Waals surface area (Å²) in [6.45, 7) is 4.20. The van der Waals surface area contributed by atoms with Crippen molar-refractivity contribution in [3.63, 3.8) is 0 Å². The first-order valence-electron chi connectivity index (χ1n) is 8.43. The highest BCUT2D eigenvalue weighted by atomic mass is 16.5. The maximum Gasteiger partial charge on any atom is 0.323 e. The van der Waals surface area contributed by atoms with Gasteiger partial charge in [-0.05, 0) is 30.9 Å². The first-order valence-corrected chi connectivity index (χ1v) is 8.43. The quantitative estimate of drug-likeness (QED) is 0.782. The molecule has 0 aliphatic carbocycles. The van der Waals surface area contributed by atoms with Crippen LogP contribution < -0.4 is 10.6 Å². The first kappa shape index (κ1) is 18.9. The summed E-state index contributed by atoms with van der Waals surface area (Å²) in [5, 5.41) is 4.99. The van der Waals surface area contributed by atoms with Crippen LogP contribution >= 0.6 is 0 Å². The summed E-state index contributed by atoms with van der Waals surface area (Å²) in [5.74, 6) is -0.833. The molecular weight excluding hydrogens is 322 g/mol. The molecule has 7 heteroatoms. The summed E-state index contributed by atoms with van der Waals surface area (Å²) in [7, 11) is 1.33. The molecule has 0 bridgehead atoms. The number of carbonyl (C=O) groups is 3. The van der Waals surface area contributed by atoms with Gasteiger partial charge < -0.3 is 10.1 Å². The normalized spacial score (nSPS) is 18.0. The van der Waals surface area contributed by atoms with Crippen molar-refractivity contribution in [2.75, 3.05) is 13.7 Å². The summed E-state index contributed by atoms with van der Waals surface area (Å²) in [5.41, 5.74) is 2.14. The molecule has 0 unspecified atom stereocenters. The first-order chi connectivity index (χ1) is 11.9. The molecule has 7 nitrogen and oxygen atoms in total. The minimum Gasteiger partial charge on any atom is -0.468 e. The third-order valence-corrected chi connectivity index (χ3v) is 4.41. The van der Waals surface area contributed by atoms with Crippen molar-refractivity contribution < 1.29 is 19.1 Å². The summed E-state index contributed by atoms with van der Waals surface area (Å²) in [6, 6.07) is 6.72. The summed E-state index contributed by atoms with van der Waals surface area (Å²) >= 11 is 0. The number of carbonyl (C=O) groups excluding carboxylic acids is 3. The lowest BCUT2D eigenvalue weighted by atomic mass is 9.94. The summed E-state index contributed by atoms with van der Waals surface area (Å²) in [6.07, 6.45) is 1.25. The van der Waals surface area contributed by atoms with E-state index >= 15 is 0 Å². The van der Waals surface area contributed by atoms with E-state index in [0.717, 1.165) is 17.5 Å². The third-order valence-electron chi connectivity index (χ3n) is 4.41. The van der Waals surface area contributed by atoms with E-state index in [4.69, 9.17) is 4.74 Å². The Kier molecular flexibility index (Phi) is 6.52. The van der Waals surface area contributed by atoms with E-state index in [0.29, 0.717) is 13.0 Å². The average Bonchev–Trinajstić information content (AvgIpc) is 2.59. The molecule has 1 aliphatic heterocycles. The van der Waals surface area contributed by atoms with Crippen molar-refractivity contribution in [1.29, 1.82) is 0 Å². The lowest BCUT2D eigenvalue weighted by molar-refractivity contribution is -0.148. The van der Waals surface area contributed by atoms with E-state index in [9.17, 15) is 14.4 Å². The molecule has 2 N–H and O–H groups in total. The van der Waals surface area contributed by atoms with Crippen LogP contribution in [0.15, 0.2) is 24.3 Å². The van der Waals surface area contributed by atoms with Gasteiger partial charge in [0.15, 0.2) is 0 Å². The monoisotopic (exact) mass is 347 g/mol. The molecule has 1 aromatic rings. The van der Waals surface area contributed by atoms with E-state index in [2.05, 4.69) is 10.6 Å². The van der Waals surface area contributed by atoms with Crippen molar-refractivity contribution in [3.05, 3.63) is 35.4 Å². The van der Waals surface area contributed by atoms with Gasteiger partial charge in [-0.1, -0.05) is 31.2 Å². The number of amides is 3. The number of ether oxygens (including phenoxy) is 1. The second kappa shape index (κ2) is 8.62. The number of methoxy groups -OCH3 is 1. The predicted octanol–water partition coefficient (Wildman–Crippen LogP) is 1.21. The molecule has 0 radical (unpaired) electrons. The standard InChI is InChI=1S/C18H25N3O4/c1-4-12(2)19-18(24)20-16(22)11-21-10-14-8-6-5-7-13(14)9-15(21)17(23)25-3/h5-8,12,15H,4,9-11H2,1-3H3,(H2,19,20,22,24)/t12-,15-/m1/s1. The van der Waals surface area contributed by atoms with Crippen molar-refractivity contribution in [1.82, 2.24) is 15.5 Å². The number of fused-ring (bicyclic) bond motifs is 1. The van der Waals surface area contributed by atoms with Gasteiger partial charge in [-0.3, -0.25) is 19.8 Å². The molecular formula is C18H25N3O4. The Morgan fingerprint density at radius 3 is 2.60 bits per heavy atom. The minimum absolute atomic E-state index is 0.0162. The smallest absolute Gasteiger partial charge is 0.323 e. The fourth-order valence-electron chi connectivity index (χ4n) is 2.82. The van der Waals surface area contributed by atoms with Crippen LogP contribution in [0.2, 0.25) is 0 Å². The molecule has 136 valence electrons. The van der Waals surface area contributed by atoms with Crippen molar-refractivity contribution >= 4 is 17.9 Å². The number of imide groups is 1. The largest absolute Gasteiger partial charge is 0.468 e. The summed E-state index contributed by atoms with van der Waals surface area (Å²) in [4.78, 5) is 37.8. The van der Waals surface area contributed by atoms with E-state index < -0.39 is 18.0 Å². The van der Waals surface area contributed by atoms with Gasteiger partial charge in [0.1, 0.15) is 6.04 Å². The predicted molar refractivity (Wildman–Crippen MR) is 92.8 cm³/mol. The lowest BCUT2D eigenvalue weighted by Crippen LogP contribution is -2.52. The SMILES string of the molecule is CC[C@@H](C)NC(=O)NC(=O)CN1Cc2ccccc2C[C@@H]1C(=O)OC. The van der Waals surface area contributed by atoms with E-state index in [1.165, 1.54) is 7.11 Å². The number of benzene rings is 1. The molecule has 0 saturated carbocycles. The molecule has 1 heterocycles. The van der Waals surface area contributed by atoms with Crippen LogP contribution in [0.4, 0.5) is 4.79 Å². The van der Waals surface area contributed by atoms with Gasteiger partial charge in [0.25, 0.3) is 0 Å². The maximum atomic E-state index is 12.2. The van der Waals surface area contributed by atoms with Crippen LogP contribution in [0.3, 0.4) is 0 Å². The van der Waals surface area contributed by atoms with Gasteiger partial charge in [-0.2, -0.15) is 0 Å². The molecule has 1 aromatic carbocycles. The highest BCUT2D eigenvalue weighted by Gasteiger charge is 2.33. The van der Waals surface area contributed by atoms with Crippen LogP contribution in [0.1, 0.15) is 31.4 Å². The Labute approximate surface area is 147 Å². The average molecular weight is 347 g/mol. The fraction of sp³-hybridized carbons (Fsp3) is 0.500.